The fraction of sp³-hybridized carbons (Fsp3) is 0.333. The second-order valence-corrected chi connectivity index (χ2v) is 8.46. The van der Waals surface area contributed by atoms with Gasteiger partial charge < -0.3 is 14.7 Å². The Hall–Kier alpha value is -3.56. The zero-order valence-corrected chi connectivity index (χ0v) is 19.1. The van der Waals surface area contributed by atoms with Gasteiger partial charge in [0.1, 0.15) is 6.61 Å². The van der Waals surface area contributed by atoms with E-state index < -0.39 is 0 Å². The molecule has 170 valence electrons. The molecule has 2 N–H and O–H groups in total. The van der Waals surface area contributed by atoms with Crippen LogP contribution in [0.3, 0.4) is 0 Å². The van der Waals surface area contributed by atoms with Crippen LogP contribution in [0.5, 0.6) is 5.88 Å². The molecule has 6 heteroatoms. The molecular formula is C27H29N3O3. The molecule has 1 aromatic heterocycles. The molecule has 0 saturated carbocycles. The van der Waals surface area contributed by atoms with E-state index in [1.54, 1.807) is 0 Å². The number of aromatic nitrogens is 2. The molecule has 1 saturated heterocycles. The van der Waals surface area contributed by atoms with Crippen LogP contribution in [0.25, 0.3) is 11.3 Å². The van der Waals surface area contributed by atoms with Gasteiger partial charge in [0.2, 0.25) is 5.88 Å². The summed E-state index contributed by atoms with van der Waals surface area (Å²) < 4.78 is 5.48. The van der Waals surface area contributed by atoms with Crippen molar-refractivity contribution in [2.75, 3.05) is 26.3 Å². The minimum atomic E-state index is -0.0719. The first-order chi connectivity index (χ1) is 16.0. The lowest BCUT2D eigenvalue weighted by atomic mass is 9.88. The van der Waals surface area contributed by atoms with E-state index in [4.69, 9.17) is 16.3 Å². The third-order valence-corrected chi connectivity index (χ3v) is 6.38. The van der Waals surface area contributed by atoms with Crippen LogP contribution >= 0.6 is 0 Å². The summed E-state index contributed by atoms with van der Waals surface area (Å²) in [6, 6.07) is 14.0. The molecular weight excluding hydrogens is 414 g/mol. The molecule has 6 nitrogen and oxygen atoms in total. The highest BCUT2D eigenvalue weighted by Crippen LogP contribution is 2.32. The van der Waals surface area contributed by atoms with Gasteiger partial charge >= 0.3 is 0 Å². The molecule has 0 atom stereocenters. The van der Waals surface area contributed by atoms with Crippen LogP contribution in [-0.4, -0.2) is 52.4 Å². The van der Waals surface area contributed by atoms with Crippen molar-refractivity contribution in [3.63, 3.8) is 0 Å². The van der Waals surface area contributed by atoms with Crippen molar-refractivity contribution < 1.29 is 14.6 Å². The number of nitrogens with one attached hydrogen (secondary N) is 1. The molecule has 1 fully saturated rings. The van der Waals surface area contributed by atoms with Crippen LogP contribution in [0.2, 0.25) is 0 Å². The summed E-state index contributed by atoms with van der Waals surface area (Å²) in [5, 5.41) is 16.2. The average Bonchev–Trinajstić information content (AvgIpc) is 3.22. The second-order valence-electron chi connectivity index (χ2n) is 8.46. The van der Waals surface area contributed by atoms with Gasteiger partial charge in [-0.2, -0.15) is 0 Å². The first-order valence-electron chi connectivity index (χ1n) is 11.3. The molecule has 0 unspecified atom stereocenters. The van der Waals surface area contributed by atoms with Crippen LogP contribution < -0.4 is 4.74 Å². The lowest BCUT2D eigenvalue weighted by molar-refractivity contribution is 0.0713. The maximum absolute atomic E-state index is 13.3. The molecule has 2 aromatic carbocycles. The van der Waals surface area contributed by atoms with Crippen molar-refractivity contribution >= 4 is 5.91 Å². The first-order valence-corrected chi connectivity index (χ1v) is 11.3. The fourth-order valence-electron chi connectivity index (χ4n) is 4.40. The molecule has 0 radical (unpaired) electrons. The zero-order valence-electron chi connectivity index (χ0n) is 19.1. The Bertz CT molecular complexity index is 1170. The van der Waals surface area contributed by atoms with Gasteiger partial charge in [-0.15, -0.1) is 11.5 Å². The van der Waals surface area contributed by atoms with Gasteiger partial charge in [-0.25, -0.2) is 0 Å². The quantitative estimate of drug-likeness (QED) is 0.563. The van der Waals surface area contributed by atoms with E-state index in [0.717, 1.165) is 53.9 Å². The Morgan fingerprint density at radius 2 is 1.94 bits per heavy atom. The maximum atomic E-state index is 13.3. The summed E-state index contributed by atoms with van der Waals surface area (Å²) in [6.07, 6.45) is 7.33. The van der Waals surface area contributed by atoms with Crippen LogP contribution in [0.4, 0.5) is 0 Å². The normalized spacial score (nSPS) is 14.2. The van der Waals surface area contributed by atoms with Crippen molar-refractivity contribution in [2.24, 2.45) is 0 Å². The van der Waals surface area contributed by atoms with Crippen molar-refractivity contribution in [1.29, 1.82) is 0 Å². The van der Waals surface area contributed by atoms with Crippen molar-refractivity contribution in [3.05, 3.63) is 70.3 Å². The number of aliphatic hydroxyl groups excluding tert-OH is 1. The van der Waals surface area contributed by atoms with Gasteiger partial charge in [0, 0.05) is 35.3 Å². The van der Waals surface area contributed by atoms with Gasteiger partial charge in [-0.05, 0) is 68.0 Å². The van der Waals surface area contributed by atoms with E-state index in [-0.39, 0.29) is 19.1 Å². The van der Waals surface area contributed by atoms with Crippen molar-refractivity contribution in [1.82, 2.24) is 15.1 Å². The first kappa shape index (κ1) is 22.6. The second kappa shape index (κ2) is 9.93. The van der Waals surface area contributed by atoms with E-state index in [1.807, 2.05) is 49.1 Å². The number of hydrogen-bond donors (Lipinski definition) is 2. The number of likely N-dealkylation sites (tertiary alicyclic amines) is 1. The number of rotatable bonds is 6. The van der Waals surface area contributed by atoms with E-state index in [0.29, 0.717) is 17.4 Å². The molecule has 4 rings (SSSR count). The minimum absolute atomic E-state index is 0.0475. The number of aryl methyl sites for hydroxylation is 1. The predicted octanol–water partition coefficient (Wildman–Crippen LogP) is 4.07. The number of H-pyrrole nitrogens is 1. The number of aromatic amines is 1. The summed E-state index contributed by atoms with van der Waals surface area (Å²) in [6.45, 7) is 5.50. The predicted molar refractivity (Wildman–Crippen MR) is 128 cm³/mol. The Labute approximate surface area is 194 Å². The van der Waals surface area contributed by atoms with E-state index in [9.17, 15) is 4.79 Å². The average molecular weight is 444 g/mol. The van der Waals surface area contributed by atoms with E-state index in [2.05, 4.69) is 28.3 Å². The summed E-state index contributed by atoms with van der Waals surface area (Å²) in [5.74, 6) is 3.61. The minimum Gasteiger partial charge on any atom is -0.474 e. The highest BCUT2D eigenvalue weighted by Gasteiger charge is 2.25. The number of aliphatic hydroxyl groups is 1. The number of hydrogen-bond acceptors (Lipinski definition) is 4. The van der Waals surface area contributed by atoms with Crippen molar-refractivity contribution in [3.8, 4) is 29.5 Å². The molecule has 3 aromatic rings. The number of piperidine rings is 1. The zero-order chi connectivity index (χ0) is 23.4. The summed E-state index contributed by atoms with van der Waals surface area (Å²) in [4.78, 5) is 15.2. The molecule has 0 bridgehead atoms. The molecule has 1 aliphatic rings. The topological polar surface area (TPSA) is 78.5 Å². The van der Waals surface area contributed by atoms with Crippen molar-refractivity contribution in [2.45, 2.75) is 32.6 Å². The number of nitrogens with zero attached hydrogens (tertiary/aromatic N) is 2. The van der Waals surface area contributed by atoms with Gasteiger partial charge in [0.05, 0.1) is 12.3 Å². The van der Waals surface area contributed by atoms with Gasteiger partial charge in [-0.1, -0.05) is 24.1 Å². The number of terminal acetylenes is 1. The maximum Gasteiger partial charge on any atom is 0.253 e. The summed E-state index contributed by atoms with van der Waals surface area (Å²) in [5.41, 5.74) is 6.49. The lowest BCUT2D eigenvalue weighted by Gasteiger charge is -2.32. The van der Waals surface area contributed by atoms with E-state index >= 15 is 0 Å². The smallest absolute Gasteiger partial charge is 0.253 e. The third-order valence-electron chi connectivity index (χ3n) is 6.38. The Balaban J connectivity index is 1.47. The molecule has 2 heterocycles. The molecule has 1 aliphatic heterocycles. The standard InChI is InChI=1S/C27H29N3O3/c1-4-20-6-9-21(10-7-20)22-11-13-30(14-12-22)27(32)23-8-5-18(2)24(17-23)25-19(3)26(29-28-25)33-16-15-31/h1,5-10,17,22,31H,11-16H2,2-3H3,(H,28,29). The van der Waals surface area contributed by atoms with Crippen LogP contribution in [0, 0.1) is 26.2 Å². The lowest BCUT2D eigenvalue weighted by Crippen LogP contribution is -2.37. The number of ether oxygens (including phenoxy) is 1. The number of amides is 1. The number of carbonyl (C=O) groups is 1. The third kappa shape index (κ3) is 4.79. The van der Waals surface area contributed by atoms with Gasteiger partial charge in [0.25, 0.3) is 5.91 Å². The summed E-state index contributed by atoms with van der Waals surface area (Å²) >= 11 is 0. The van der Waals surface area contributed by atoms with Crippen LogP contribution in [0.1, 0.15) is 51.4 Å². The summed E-state index contributed by atoms with van der Waals surface area (Å²) in [7, 11) is 0. The molecule has 0 aliphatic carbocycles. The van der Waals surface area contributed by atoms with Crippen LogP contribution in [-0.2, 0) is 0 Å². The number of benzene rings is 2. The largest absolute Gasteiger partial charge is 0.474 e. The monoisotopic (exact) mass is 443 g/mol. The Morgan fingerprint density at radius 1 is 1.21 bits per heavy atom. The number of carbonyl (C=O) groups excluding carboxylic acids is 1. The Kier molecular flexibility index (Phi) is 6.81. The van der Waals surface area contributed by atoms with E-state index in [1.165, 1.54) is 5.56 Å². The molecule has 0 spiro atoms. The van der Waals surface area contributed by atoms with Crippen LogP contribution in [0.15, 0.2) is 42.5 Å². The molecule has 33 heavy (non-hydrogen) atoms. The molecule has 1 amide bonds. The Morgan fingerprint density at radius 3 is 2.61 bits per heavy atom. The fourth-order valence-corrected chi connectivity index (χ4v) is 4.40. The SMILES string of the molecule is C#Cc1ccc(C2CCN(C(=O)c3ccc(C)c(-c4[nH]nc(OCCO)c4C)c3)CC2)cc1. The highest BCUT2D eigenvalue weighted by molar-refractivity contribution is 5.96. The van der Waals surface area contributed by atoms with Gasteiger partial charge in [-0.3, -0.25) is 9.89 Å². The van der Waals surface area contributed by atoms with Gasteiger partial charge in [0.15, 0.2) is 0 Å². The highest BCUT2D eigenvalue weighted by atomic mass is 16.5.